The molecule has 0 radical (unpaired) electrons. The fraction of sp³-hybridized carbons (Fsp3) is 0.750. The maximum Gasteiger partial charge on any atom is 0.131 e. The summed E-state index contributed by atoms with van der Waals surface area (Å²) in [5, 5.41) is 3.36. The molecule has 1 fully saturated rings. The van der Waals surface area contributed by atoms with Crippen molar-refractivity contribution in [3.05, 3.63) is 22.8 Å². The summed E-state index contributed by atoms with van der Waals surface area (Å²) < 4.78 is 5.78. The number of likely N-dealkylation sites (N-methyl/N-ethyl adjacent to an activating group) is 1. The minimum Gasteiger partial charge on any atom is -0.378 e. The Hall–Kier alpha value is -1.00. The number of hydrogen-bond acceptors (Lipinski definition) is 4. The molecule has 1 N–H and O–H groups in total. The molecule has 1 saturated heterocycles. The van der Waals surface area contributed by atoms with Gasteiger partial charge in [-0.05, 0) is 58.2 Å². The van der Waals surface area contributed by atoms with Crippen LogP contribution in [-0.2, 0) is 17.6 Å². The van der Waals surface area contributed by atoms with Gasteiger partial charge in [-0.25, -0.2) is 9.97 Å². The first kappa shape index (κ1) is 15.4. The van der Waals surface area contributed by atoms with Crippen molar-refractivity contribution in [3.8, 4) is 0 Å². The average Bonchev–Trinajstić information content (AvgIpc) is 2.43. The van der Waals surface area contributed by atoms with E-state index in [2.05, 4.69) is 36.1 Å². The van der Waals surface area contributed by atoms with Crippen LogP contribution < -0.4 is 5.32 Å². The van der Waals surface area contributed by atoms with Crippen molar-refractivity contribution in [2.24, 2.45) is 0 Å². The molecule has 20 heavy (non-hydrogen) atoms. The Morgan fingerprint density at radius 1 is 1.20 bits per heavy atom. The normalized spacial score (nSPS) is 19.2. The van der Waals surface area contributed by atoms with Gasteiger partial charge >= 0.3 is 0 Å². The molecule has 0 bridgehead atoms. The maximum atomic E-state index is 5.78. The lowest BCUT2D eigenvalue weighted by molar-refractivity contribution is 0.0156. The van der Waals surface area contributed by atoms with E-state index in [9.17, 15) is 0 Å². The molecule has 2 rings (SSSR count). The average molecular weight is 277 g/mol. The topological polar surface area (TPSA) is 47.0 Å². The highest BCUT2D eigenvalue weighted by atomic mass is 16.5. The van der Waals surface area contributed by atoms with E-state index in [1.807, 2.05) is 0 Å². The highest BCUT2D eigenvalue weighted by Crippen LogP contribution is 2.17. The number of nitrogens with zero attached hydrogens (tertiary/aromatic N) is 2. The monoisotopic (exact) mass is 277 g/mol. The molecular formula is C16H27N3O. The van der Waals surface area contributed by atoms with Crippen molar-refractivity contribution in [2.75, 3.05) is 19.7 Å². The van der Waals surface area contributed by atoms with E-state index in [-0.39, 0.29) is 0 Å². The first-order chi connectivity index (χ1) is 9.70. The summed E-state index contributed by atoms with van der Waals surface area (Å²) in [4.78, 5) is 9.38. The second-order valence-corrected chi connectivity index (χ2v) is 5.59. The first-order valence-electron chi connectivity index (χ1n) is 7.86. The summed E-state index contributed by atoms with van der Waals surface area (Å²) in [6.45, 7) is 9.22. The minimum atomic E-state index is 0.315. The third-order valence-electron chi connectivity index (χ3n) is 3.95. The van der Waals surface area contributed by atoms with Crippen molar-refractivity contribution in [1.82, 2.24) is 15.3 Å². The van der Waals surface area contributed by atoms with Crippen LogP contribution in [0, 0.1) is 13.8 Å². The predicted octanol–water partition coefficient (Wildman–Crippen LogP) is 2.36. The quantitative estimate of drug-likeness (QED) is 0.811. The summed E-state index contributed by atoms with van der Waals surface area (Å²) in [6.07, 6.45) is 5.78. The molecule has 1 aromatic heterocycles. The summed E-state index contributed by atoms with van der Waals surface area (Å²) in [6, 6.07) is 0. The smallest absolute Gasteiger partial charge is 0.131 e. The summed E-state index contributed by atoms with van der Waals surface area (Å²) in [5.74, 6) is 0.944. The van der Waals surface area contributed by atoms with Crippen LogP contribution in [0.1, 0.15) is 49.0 Å². The molecule has 2 heterocycles. The van der Waals surface area contributed by atoms with Crippen LogP contribution in [0.3, 0.4) is 0 Å². The van der Waals surface area contributed by atoms with Gasteiger partial charge in [-0.1, -0.05) is 6.92 Å². The molecule has 0 saturated carbocycles. The zero-order valence-electron chi connectivity index (χ0n) is 13.0. The summed E-state index contributed by atoms with van der Waals surface area (Å²) >= 11 is 0. The summed E-state index contributed by atoms with van der Waals surface area (Å²) in [5.41, 5.74) is 3.54. The van der Waals surface area contributed by atoms with Crippen LogP contribution >= 0.6 is 0 Å². The van der Waals surface area contributed by atoms with E-state index >= 15 is 0 Å². The Morgan fingerprint density at radius 2 is 1.95 bits per heavy atom. The Balaban J connectivity index is 2.00. The van der Waals surface area contributed by atoms with Crippen molar-refractivity contribution in [3.63, 3.8) is 0 Å². The van der Waals surface area contributed by atoms with E-state index in [1.54, 1.807) is 0 Å². The molecule has 1 unspecified atom stereocenters. The van der Waals surface area contributed by atoms with Crippen LogP contribution in [0.15, 0.2) is 0 Å². The zero-order valence-corrected chi connectivity index (χ0v) is 13.0. The molecule has 1 aromatic rings. The number of nitrogens with one attached hydrogen (secondary N) is 1. The molecule has 0 amide bonds. The molecule has 1 atom stereocenters. The van der Waals surface area contributed by atoms with Gasteiger partial charge in [0.05, 0.1) is 6.10 Å². The van der Waals surface area contributed by atoms with E-state index < -0.39 is 0 Å². The van der Waals surface area contributed by atoms with Crippen LogP contribution in [-0.4, -0.2) is 35.8 Å². The van der Waals surface area contributed by atoms with Gasteiger partial charge in [0.25, 0.3) is 0 Å². The van der Waals surface area contributed by atoms with Gasteiger partial charge in [0.1, 0.15) is 5.82 Å². The zero-order chi connectivity index (χ0) is 14.4. The number of hydrogen-bond donors (Lipinski definition) is 1. The molecule has 0 spiro atoms. The Bertz CT molecular complexity index is 405. The van der Waals surface area contributed by atoms with Crippen molar-refractivity contribution in [1.29, 1.82) is 0 Å². The standard InChI is InChI=1S/C16H27N3O/c1-4-17-9-8-15-12(2)18-16(19-13(15)3)11-14-7-5-6-10-20-14/h14,17H,4-11H2,1-3H3. The van der Waals surface area contributed by atoms with Gasteiger partial charge < -0.3 is 10.1 Å². The summed E-state index contributed by atoms with van der Waals surface area (Å²) in [7, 11) is 0. The Morgan fingerprint density at radius 3 is 2.55 bits per heavy atom. The lowest BCUT2D eigenvalue weighted by Gasteiger charge is -2.22. The largest absolute Gasteiger partial charge is 0.378 e. The van der Waals surface area contributed by atoms with E-state index in [1.165, 1.54) is 18.4 Å². The van der Waals surface area contributed by atoms with Crippen molar-refractivity contribution in [2.45, 2.75) is 59.0 Å². The molecule has 112 valence electrons. The van der Waals surface area contributed by atoms with Gasteiger partial charge in [0, 0.05) is 24.4 Å². The number of aromatic nitrogens is 2. The molecule has 4 nitrogen and oxygen atoms in total. The number of rotatable bonds is 6. The van der Waals surface area contributed by atoms with Gasteiger partial charge in [0.15, 0.2) is 0 Å². The highest BCUT2D eigenvalue weighted by Gasteiger charge is 2.17. The Labute approximate surface area is 122 Å². The fourth-order valence-corrected chi connectivity index (χ4v) is 2.82. The SMILES string of the molecule is CCNCCc1c(C)nc(CC2CCCCO2)nc1C. The van der Waals surface area contributed by atoms with Gasteiger partial charge in [0.2, 0.25) is 0 Å². The van der Waals surface area contributed by atoms with Crippen molar-refractivity contribution >= 4 is 0 Å². The molecular weight excluding hydrogens is 250 g/mol. The third-order valence-corrected chi connectivity index (χ3v) is 3.95. The second kappa shape index (κ2) is 7.70. The molecule has 4 heteroatoms. The number of ether oxygens (including phenoxy) is 1. The number of aryl methyl sites for hydroxylation is 2. The first-order valence-corrected chi connectivity index (χ1v) is 7.86. The molecule has 1 aliphatic heterocycles. The lowest BCUT2D eigenvalue weighted by atomic mass is 10.0. The molecule has 1 aliphatic rings. The molecule has 0 aliphatic carbocycles. The van der Waals surface area contributed by atoms with Crippen LogP contribution in [0.5, 0.6) is 0 Å². The lowest BCUT2D eigenvalue weighted by Crippen LogP contribution is -2.23. The minimum absolute atomic E-state index is 0.315. The van der Waals surface area contributed by atoms with Gasteiger partial charge in [-0.15, -0.1) is 0 Å². The molecule has 0 aromatic carbocycles. The van der Waals surface area contributed by atoms with Gasteiger partial charge in [-0.3, -0.25) is 0 Å². The van der Waals surface area contributed by atoms with Crippen LogP contribution in [0.25, 0.3) is 0 Å². The van der Waals surface area contributed by atoms with Crippen LogP contribution in [0.4, 0.5) is 0 Å². The van der Waals surface area contributed by atoms with E-state index in [0.29, 0.717) is 6.10 Å². The van der Waals surface area contributed by atoms with Crippen molar-refractivity contribution < 1.29 is 4.74 Å². The van der Waals surface area contributed by atoms with E-state index in [0.717, 1.165) is 56.2 Å². The van der Waals surface area contributed by atoms with Crippen LogP contribution in [0.2, 0.25) is 0 Å². The Kier molecular flexibility index (Phi) is 5.92. The predicted molar refractivity (Wildman–Crippen MR) is 81.0 cm³/mol. The van der Waals surface area contributed by atoms with Gasteiger partial charge in [-0.2, -0.15) is 0 Å². The highest BCUT2D eigenvalue weighted by molar-refractivity contribution is 5.24. The fourth-order valence-electron chi connectivity index (χ4n) is 2.82. The maximum absolute atomic E-state index is 5.78. The third kappa shape index (κ3) is 4.25. The van der Waals surface area contributed by atoms with E-state index in [4.69, 9.17) is 4.74 Å². The second-order valence-electron chi connectivity index (χ2n) is 5.59.